The lowest BCUT2D eigenvalue weighted by Gasteiger charge is -2.49. The van der Waals surface area contributed by atoms with Gasteiger partial charge in [-0.2, -0.15) is 0 Å². The molecule has 3 aliphatic carbocycles. The molecule has 2 bridgehead atoms. The maximum absolute atomic E-state index is 12.5. The molecule has 0 spiro atoms. The molecule has 3 N–H and O–H groups in total. The molecule has 2 fully saturated rings. The molecule has 0 heterocycles. The second kappa shape index (κ2) is 4.32. The van der Waals surface area contributed by atoms with Gasteiger partial charge >= 0.3 is 5.97 Å². The molecule has 0 aromatic carbocycles. The molecule has 5 nitrogen and oxygen atoms in total. The lowest BCUT2D eigenvalue weighted by Crippen LogP contribution is -2.62. The summed E-state index contributed by atoms with van der Waals surface area (Å²) >= 11 is 0. The summed E-state index contributed by atoms with van der Waals surface area (Å²) in [6, 6.07) is -0.0671. The molecular formula is C15H21NO4. The number of carbonyl (C=O) groups excluding carboxylic acids is 1. The number of nitrogens with one attached hydrogen (secondary N) is 1. The van der Waals surface area contributed by atoms with Crippen LogP contribution in [0.1, 0.15) is 26.7 Å². The quantitative estimate of drug-likeness (QED) is 0.666. The smallest absolute Gasteiger partial charge is 0.307 e. The Labute approximate surface area is 118 Å². The van der Waals surface area contributed by atoms with Crippen LogP contribution in [0.3, 0.4) is 0 Å². The Hall–Kier alpha value is -1.36. The highest BCUT2D eigenvalue weighted by Gasteiger charge is 2.54. The lowest BCUT2D eigenvalue weighted by atomic mass is 9.64. The van der Waals surface area contributed by atoms with Gasteiger partial charge in [0.05, 0.1) is 17.9 Å². The van der Waals surface area contributed by atoms with Crippen molar-refractivity contribution in [2.75, 3.05) is 0 Å². The summed E-state index contributed by atoms with van der Waals surface area (Å²) in [7, 11) is 0. The number of amides is 1. The van der Waals surface area contributed by atoms with Gasteiger partial charge in [-0.25, -0.2) is 0 Å². The fourth-order valence-corrected chi connectivity index (χ4v) is 3.93. The summed E-state index contributed by atoms with van der Waals surface area (Å²) in [5, 5.41) is 22.0. The van der Waals surface area contributed by atoms with Crippen molar-refractivity contribution in [3.63, 3.8) is 0 Å². The van der Waals surface area contributed by atoms with E-state index in [9.17, 15) is 19.8 Å². The molecule has 0 aliphatic heterocycles. The molecule has 6 atom stereocenters. The third-order valence-electron chi connectivity index (χ3n) is 5.58. The van der Waals surface area contributed by atoms with E-state index in [2.05, 4.69) is 5.32 Å². The third kappa shape index (κ3) is 1.79. The Kier molecular flexibility index (Phi) is 2.94. The van der Waals surface area contributed by atoms with Crippen molar-refractivity contribution in [2.45, 2.75) is 38.8 Å². The minimum absolute atomic E-state index is 0.00626. The molecule has 5 heteroatoms. The van der Waals surface area contributed by atoms with Crippen molar-refractivity contribution in [3.8, 4) is 0 Å². The molecule has 20 heavy (non-hydrogen) atoms. The van der Waals surface area contributed by atoms with E-state index in [1.54, 1.807) is 0 Å². The third-order valence-corrected chi connectivity index (χ3v) is 5.58. The first kappa shape index (κ1) is 13.6. The van der Waals surface area contributed by atoms with Crippen molar-refractivity contribution in [1.29, 1.82) is 0 Å². The van der Waals surface area contributed by atoms with E-state index in [1.807, 2.05) is 26.0 Å². The number of fused-ring (bicyclic) bond motifs is 2. The second-order valence-electron chi connectivity index (χ2n) is 6.97. The van der Waals surface area contributed by atoms with Crippen LogP contribution in [0.15, 0.2) is 12.2 Å². The van der Waals surface area contributed by atoms with Gasteiger partial charge in [0.1, 0.15) is 0 Å². The van der Waals surface area contributed by atoms with Gasteiger partial charge in [0.15, 0.2) is 0 Å². The van der Waals surface area contributed by atoms with Crippen LogP contribution >= 0.6 is 0 Å². The predicted molar refractivity (Wildman–Crippen MR) is 71.7 cm³/mol. The van der Waals surface area contributed by atoms with Crippen LogP contribution in [-0.4, -0.2) is 34.2 Å². The first-order chi connectivity index (χ1) is 9.32. The largest absolute Gasteiger partial charge is 0.481 e. The molecular weight excluding hydrogens is 258 g/mol. The Morgan fingerprint density at radius 2 is 1.75 bits per heavy atom. The van der Waals surface area contributed by atoms with Crippen LogP contribution in [-0.2, 0) is 9.59 Å². The van der Waals surface area contributed by atoms with Crippen LogP contribution < -0.4 is 5.32 Å². The fourth-order valence-electron chi connectivity index (χ4n) is 3.93. The van der Waals surface area contributed by atoms with E-state index >= 15 is 0 Å². The van der Waals surface area contributed by atoms with Crippen LogP contribution in [0.2, 0.25) is 0 Å². The van der Waals surface area contributed by atoms with Gasteiger partial charge in [-0.05, 0) is 24.7 Å². The number of aliphatic carboxylic acids is 1. The molecule has 1 amide bonds. The van der Waals surface area contributed by atoms with Crippen molar-refractivity contribution >= 4 is 11.9 Å². The Balaban J connectivity index is 1.71. The summed E-state index contributed by atoms with van der Waals surface area (Å²) in [6.45, 7) is 3.84. The highest BCUT2D eigenvalue weighted by molar-refractivity contribution is 5.87. The van der Waals surface area contributed by atoms with Gasteiger partial charge in [0.2, 0.25) is 5.91 Å². The zero-order valence-electron chi connectivity index (χ0n) is 11.7. The number of hydrogen-bond acceptors (Lipinski definition) is 3. The number of aliphatic hydroxyl groups is 1. The SMILES string of the molecule is CC1(C)C(O)CC1NC(=O)[C@H]1C2C=CC(C2)[C@H]1C(=O)O. The molecule has 0 saturated heterocycles. The Morgan fingerprint density at radius 3 is 2.25 bits per heavy atom. The zero-order chi connectivity index (χ0) is 14.7. The second-order valence-corrected chi connectivity index (χ2v) is 6.97. The minimum atomic E-state index is -0.880. The number of rotatable bonds is 3. The highest BCUT2D eigenvalue weighted by Crippen LogP contribution is 2.49. The standard InChI is InChI=1S/C15H21NO4/c1-15(2)9(6-10(15)17)16-13(18)11-7-3-4-8(5-7)12(11)14(19)20/h3-4,7-12,17H,5-6H2,1-2H3,(H,16,18)(H,19,20)/t7?,8?,9?,10?,11-,12+/m0/s1. The highest BCUT2D eigenvalue weighted by atomic mass is 16.4. The van der Waals surface area contributed by atoms with Crippen LogP contribution in [0.4, 0.5) is 0 Å². The van der Waals surface area contributed by atoms with E-state index in [4.69, 9.17) is 0 Å². The monoisotopic (exact) mass is 279 g/mol. The molecule has 0 aromatic heterocycles. The van der Waals surface area contributed by atoms with Crippen molar-refractivity contribution in [2.24, 2.45) is 29.1 Å². The molecule has 4 unspecified atom stereocenters. The maximum Gasteiger partial charge on any atom is 0.307 e. The molecule has 0 aromatic rings. The normalized spacial score (nSPS) is 44.1. The minimum Gasteiger partial charge on any atom is -0.481 e. The number of allylic oxidation sites excluding steroid dienone is 2. The average molecular weight is 279 g/mol. The van der Waals surface area contributed by atoms with Crippen LogP contribution in [0.5, 0.6) is 0 Å². The van der Waals surface area contributed by atoms with E-state index in [0.29, 0.717) is 6.42 Å². The number of hydrogen-bond donors (Lipinski definition) is 3. The Morgan fingerprint density at radius 1 is 1.15 bits per heavy atom. The summed E-state index contributed by atoms with van der Waals surface area (Å²) in [5.74, 6) is -2.06. The van der Waals surface area contributed by atoms with Gasteiger partial charge in [-0.3, -0.25) is 9.59 Å². The number of carboxylic acids is 1. The summed E-state index contributed by atoms with van der Waals surface area (Å²) in [4.78, 5) is 23.9. The molecule has 3 rings (SSSR count). The van der Waals surface area contributed by atoms with Gasteiger partial charge in [0.25, 0.3) is 0 Å². The van der Waals surface area contributed by atoms with Gasteiger partial charge < -0.3 is 15.5 Å². The van der Waals surface area contributed by atoms with Crippen molar-refractivity contribution in [3.05, 3.63) is 12.2 Å². The van der Waals surface area contributed by atoms with E-state index in [1.165, 1.54) is 0 Å². The van der Waals surface area contributed by atoms with E-state index in [-0.39, 0.29) is 29.2 Å². The molecule has 110 valence electrons. The molecule has 0 radical (unpaired) electrons. The summed E-state index contributed by atoms with van der Waals surface area (Å²) < 4.78 is 0. The van der Waals surface area contributed by atoms with Gasteiger partial charge in [-0.1, -0.05) is 26.0 Å². The average Bonchev–Trinajstić information content (AvgIpc) is 2.98. The van der Waals surface area contributed by atoms with Crippen molar-refractivity contribution in [1.82, 2.24) is 5.32 Å². The molecule has 3 aliphatic rings. The topological polar surface area (TPSA) is 86.6 Å². The molecule has 2 saturated carbocycles. The van der Waals surface area contributed by atoms with Crippen LogP contribution in [0.25, 0.3) is 0 Å². The van der Waals surface area contributed by atoms with Gasteiger partial charge in [0, 0.05) is 11.5 Å². The fraction of sp³-hybridized carbons (Fsp3) is 0.733. The number of carbonyl (C=O) groups is 2. The number of carboxylic acid groups (broad SMARTS) is 1. The van der Waals surface area contributed by atoms with Gasteiger partial charge in [-0.15, -0.1) is 0 Å². The summed E-state index contributed by atoms with van der Waals surface area (Å²) in [6.07, 6.45) is 4.83. The predicted octanol–water partition coefficient (Wildman–Crippen LogP) is 0.785. The van der Waals surface area contributed by atoms with E-state index < -0.39 is 23.9 Å². The number of aliphatic hydroxyl groups excluding tert-OH is 1. The summed E-state index contributed by atoms with van der Waals surface area (Å²) in [5.41, 5.74) is -0.332. The van der Waals surface area contributed by atoms with Crippen LogP contribution in [0, 0.1) is 29.1 Å². The Bertz CT molecular complexity index is 484. The van der Waals surface area contributed by atoms with E-state index in [0.717, 1.165) is 6.42 Å². The first-order valence-electron chi connectivity index (χ1n) is 7.22. The first-order valence-corrected chi connectivity index (χ1v) is 7.22. The zero-order valence-corrected chi connectivity index (χ0v) is 11.7. The lowest BCUT2D eigenvalue weighted by molar-refractivity contribution is -0.149. The maximum atomic E-state index is 12.5. The van der Waals surface area contributed by atoms with Crippen molar-refractivity contribution < 1.29 is 19.8 Å².